The first-order valence-electron chi connectivity index (χ1n) is 11.6. The lowest BCUT2D eigenvalue weighted by atomic mass is 9.89. The number of carbonyl (C=O) groups is 1. The second-order valence-electron chi connectivity index (χ2n) is 8.80. The van der Waals surface area contributed by atoms with E-state index in [2.05, 4.69) is 33.5 Å². The molecule has 0 radical (unpaired) electrons. The Morgan fingerprint density at radius 1 is 1.06 bits per heavy atom. The molecule has 2 heterocycles. The summed E-state index contributed by atoms with van der Waals surface area (Å²) in [5.74, 6) is 0.0209. The molecule has 1 N–H and O–H groups in total. The molecule has 2 aromatic heterocycles. The monoisotopic (exact) mass is 490 g/mol. The van der Waals surface area contributed by atoms with Gasteiger partial charge in [-0.15, -0.1) is 11.3 Å². The fourth-order valence-electron chi connectivity index (χ4n) is 4.82. The Hall–Kier alpha value is -2.80. The summed E-state index contributed by atoms with van der Waals surface area (Å²) in [5, 5.41) is 4.90. The van der Waals surface area contributed by atoms with Crippen LogP contribution in [0.15, 0.2) is 67.3 Å². The maximum atomic E-state index is 14.0. The van der Waals surface area contributed by atoms with Crippen LogP contribution in [-0.4, -0.2) is 39.9 Å². The van der Waals surface area contributed by atoms with Crippen molar-refractivity contribution in [1.29, 1.82) is 0 Å². The Kier molecular flexibility index (Phi) is 6.90. The number of hydrogen-bond donors (Lipinski definition) is 1. The highest BCUT2D eigenvalue weighted by molar-refractivity contribution is 7.21. The number of benzene rings is 2. The van der Waals surface area contributed by atoms with E-state index < -0.39 is 0 Å². The first-order valence-corrected chi connectivity index (χ1v) is 12.8. The molecule has 5 rings (SSSR count). The van der Waals surface area contributed by atoms with Crippen LogP contribution < -0.4 is 5.32 Å². The van der Waals surface area contributed by atoms with Crippen LogP contribution in [0.25, 0.3) is 21.2 Å². The third-order valence-electron chi connectivity index (χ3n) is 6.71. The molecular weight excluding hydrogens is 464 g/mol. The van der Waals surface area contributed by atoms with Gasteiger partial charge in [0.1, 0.15) is 11.2 Å². The fraction of sp³-hybridized carbons (Fsp3) is 0.296. The molecule has 1 amide bonds. The molecule has 174 valence electrons. The van der Waals surface area contributed by atoms with E-state index in [9.17, 15) is 4.79 Å². The molecule has 0 spiro atoms. The van der Waals surface area contributed by atoms with Gasteiger partial charge in [0.15, 0.2) is 0 Å². The number of rotatable bonds is 6. The number of aromatic nitrogens is 2. The van der Waals surface area contributed by atoms with Crippen LogP contribution in [0.2, 0.25) is 5.02 Å². The minimum atomic E-state index is 0.0209. The van der Waals surface area contributed by atoms with Gasteiger partial charge in [-0.3, -0.25) is 4.79 Å². The number of amides is 1. The number of carbonyl (C=O) groups excluding carboxylic acids is 1. The SMILES string of the molecule is CN[C@H]1CC[C@H](N(Cc2cccc(-c3cncnc3)c2)C(=O)c2sc3ccccc3c2Cl)CC1. The van der Waals surface area contributed by atoms with Crippen LogP contribution in [-0.2, 0) is 6.54 Å². The molecule has 1 aliphatic rings. The summed E-state index contributed by atoms with van der Waals surface area (Å²) in [6.07, 6.45) is 9.23. The van der Waals surface area contributed by atoms with Gasteiger partial charge < -0.3 is 10.2 Å². The summed E-state index contributed by atoms with van der Waals surface area (Å²) in [7, 11) is 2.02. The van der Waals surface area contributed by atoms with Crippen LogP contribution in [0.1, 0.15) is 40.9 Å². The average molecular weight is 491 g/mol. The Balaban J connectivity index is 1.47. The zero-order valence-electron chi connectivity index (χ0n) is 19.1. The van der Waals surface area contributed by atoms with Gasteiger partial charge in [0.25, 0.3) is 5.91 Å². The van der Waals surface area contributed by atoms with Crippen molar-refractivity contribution in [3.63, 3.8) is 0 Å². The Morgan fingerprint density at radius 3 is 2.56 bits per heavy atom. The van der Waals surface area contributed by atoms with Gasteiger partial charge in [-0.05, 0) is 56.0 Å². The second-order valence-corrected chi connectivity index (χ2v) is 10.2. The van der Waals surface area contributed by atoms with Gasteiger partial charge in [-0.2, -0.15) is 0 Å². The molecule has 0 bridgehead atoms. The van der Waals surface area contributed by atoms with Gasteiger partial charge in [0, 0.05) is 46.7 Å². The van der Waals surface area contributed by atoms with Crippen molar-refractivity contribution in [2.75, 3.05) is 7.05 Å². The predicted molar refractivity (Wildman–Crippen MR) is 139 cm³/mol. The molecule has 0 unspecified atom stereocenters. The zero-order valence-corrected chi connectivity index (χ0v) is 20.6. The smallest absolute Gasteiger partial charge is 0.266 e. The molecule has 5 nitrogen and oxygen atoms in total. The quantitative estimate of drug-likeness (QED) is 0.350. The first kappa shape index (κ1) is 23.0. The third kappa shape index (κ3) is 4.71. The van der Waals surface area contributed by atoms with E-state index in [0.29, 0.717) is 22.5 Å². The molecule has 4 aromatic rings. The number of thiophene rings is 1. The lowest BCUT2D eigenvalue weighted by molar-refractivity contribution is 0.0606. The maximum Gasteiger partial charge on any atom is 0.266 e. The summed E-state index contributed by atoms with van der Waals surface area (Å²) in [6.45, 7) is 0.541. The van der Waals surface area contributed by atoms with Gasteiger partial charge in [0.05, 0.1) is 5.02 Å². The number of fused-ring (bicyclic) bond motifs is 1. The van der Waals surface area contributed by atoms with Crippen LogP contribution in [0.4, 0.5) is 0 Å². The molecule has 1 aliphatic carbocycles. The standard InChI is InChI=1S/C27H27ClN4OS/c1-29-21-9-11-22(12-10-21)32(27(33)26-25(28)23-7-2-3-8-24(23)34-26)16-18-5-4-6-19(13-18)20-14-30-17-31-15-20/h2-8,13-15,17,21-22,29H,9-12,16H2,1H3/t21-,22-. The largest absolute Gasteiger partial charge is 0.331 e. The van der Waals surface area contributed by atoms with E-state index in [1.807, 2.05) is 54.7 Å². The number of nitrogens with zero attached hydrogens (tertiary/aromatic N) is 3. The molecule has 2 aromatic carbocycles. The van der Waals surface area contributed by atoms with Crippen molar-refractivity contribution in [3.8, 4) is 11.1 Å². The van der Waals surface area contributed by atoms with Crippen LogP contribution in [0.3, 0.4) is 0 Å². The van der Waals surface area contributed by atoms with Crippen LogP contribution >= 0.6 is 22.9 Å². The summed E-state index contributed by atoms with van der Waals surface area (Å²) in [6, 6.07) is 17.0. The molecule has 7 heteroatoms. The van der Waals surface area contributed by atoms with E-state index in [0.717, 1.165) is 52.5 Å². The minimum Gasteiger partial charge on any atom is -0.331 e. The summed E-state index contributed by atoms with van der Waals surface area (Å²) >= 11 is 8.22. The molecule has 1 fully saturated rings. The van der Waals surface area contributed by atoms with E-state index in [-0.39, 0.29) is 11.9 Å². The van der Waals surface area contributed by atoms with E-state index in [4.69, 9.17) is 11.6 Å². The number of nitrogens with one attached hydrogen (secondary N) is 1. The van der Waals surface area contributed by atoms with Crippen molar-refractivity contribution in [2.24, 2.45) is 0 Å². The second kappa shape index (κ2) is 10.2. The summed E-state index contributed by atoms with van der Waals surface area (Å²) in [4.78, 5) is 24.9. The maximum absolute atomic E-state index is 14.0. The van der Waals surface area contributed by atoms with Crippen molar-refractivity contribution < 1.29 is 4.79 Å². The summed E-state index contributed by atoms with van der Waals surface area (Å²) < 4.78 is 1.04. The van der Waals surface area contributed by atoms with Gasteiger partial charge in [-0.25, -0.2) is 9.97 Å². The van der Waals surface area contributed by atoms with Crippen molar-refractivity contribution >= 4 is 38.9 Å². The molecule has 1 saturated carbocycles. The normalized spacial score (nSPS) is 18.2. The first-order chi connectivity index (χ1) is 16.6. The van der Waals surface area contributed by atoms with Crippen LogP contribution in [0, 0.1) is 0 Å². The Bertz CT molecular complexity index is 1280. The van der Waals surface area contributed by atoms with Crippen LogP contribution in [0.5, 0.6) is 0 Å². The molecule has 0 atom stereocenters. The van der Waals surface area contributed by atoms with Gasteiger partial charge in [0.2, 0.25) is 0 Å². The Labute approximate surface area is 208 Å². The lowest BCUT2D eigenvalue weighted by Crippen LogP contribution is -2.44. The molecule has 34 heavy (non-hydrogen) atoms. The lowest BCUT2D eigenvalue weighted by Gasteiger charge is -2.37. The summed E-state index contributed by atoms with van der Waals surface area (Å²) in [5.41, 5.74) is 3.09. The number of halogens is 1. The Morgan fingerprint density at radius 2 is 1.82 bits per heavy atom. The van der Waals surface area contributed by atoms with Crippen molar-refractivity contribution in [2.45, 2.75) is 44.3 Å². The highest BCUT2D eigenvalue weighted by Crippen LogP contribution is 2.37. The predicted octanol–water partition coefficient (Wildman–Crippen LogP) is 6.18. The fourth-order valence-corrected chi connectivity index (χ4v) is 6.29. The highest BCUT2D eigenvalue weighted by atomic mass is 35.5. The highest BCUT2D eigenvalue weighted by Gasteiger charge is 2.31. The van der Waals surface area contributed by atoms with Crippen molar-refractivity contribution in [3.05, 3.63) is 82.7 Å². The molecular formula is C27H27ClN4OS. The minimum absolute atomic E-state index is 0.0209. The van der Waals surface area contributed by atoms with E-state index in [1.165, 1.54) is 17.7 Å². The van der Waals surface area contributed by atoms with E-state index in [1.54, 1.807) is 0 Å². The van der Waals surface area contributed by atoms with Gasteiger partial charge in [-0.1, -0.05) is 48.0 Å². The zero-order chi connectivity index (χ0) is 23.5. The third-order valence-corrected chi connectivity index (χ3v) is 8.37. The molecule has 0 aliphatic heterocycles. The molecule has 0 saturated heterocycles. The van der Waals surface area contributed by atoms with Gasteiger partial charge >= 0.3 is 0 Å². The topological polar surface area (TPSA) is 58.1 Å². The van der Waals surface area contributed by atoms with E-state index >= 15 is 0 Å². The number of hydrogen-bond acceptors (Lipinski definition) is 5. The van der Waals surface area contributed by atoms with Crippen molar-refractivity contribution in [1.82, 2.24) is 20.2 Å². The average Bonchev–Trinajstić information content (AvgIpc) is 3.24.